The Labute approximate surface area is 110 Å². The highest BCUT2D eigenvalue weighted by Crippen LogP contribution is 2.26. The highest BCUT2D eigenvalue weighted by atomic mass is 16.3. The number of aliphatic hydroxyl groups excluding tert-OH is 1. The normalized spacial score (nSPS) is 25.3. The van der Waals surface area contributed by atoms with Gasteiger partial charge in [-0.2, -0.15) is 0 Å². The number of hydrogen-bond donors (Lipinski definition) is 2. The summed E-state index contributed by atoms with van der Waals surface area (Å²) in [6, 6.07) is 7.04. The maximum absolute atomic E-state index is 9.53. The van der Waals surface area contributed by atoms with Crippen LogP contribution in [0.4, 0.5) is 0 Å². The summed E-state index contributed by atoms with van der Waals surface area (Å²) < 4.78 is 0. The maximum atomic E-state index is 9.53. The summed E-state index contributed by atoms with van der Waals surface area (Å²) in [5.74, 6) is 0.646. The van der Waals surface area contributed by atoms with E-state index in [4.69, 9.17) is 0 Å². The zero-order valence-corrected chi connectivity index (χ0v) is 11.7. The van der Waals surface area contributed by atoms with Gasteiger partial charge in [0.2, 0.25) is 0 Å². The second-order valence-corrected chi connectivity index (χ2v) is 5.82. The van der Waals surface area contributed by atoms with Crippen LogP contribution >= 0.6 is 0 Å². The molecule has 3 unspecified atom stereocenters. The second-order valence-electron chi connectivity index (χ2n) is 5.82. The predicted molar refractivity (Wildman–Crippen MR) is 75.7 cm³/mol. The largest absolute Gasteiger partial charge is 0.393 e. The van der Waals surface area contributed by atoms with Gasteiger partial charge in [0, 0.05) is 6.04 Å². The molecule has 100 valence electrons. The molecule has 0 aliphatic heterocycles. The third kappa shape index (κ3) is 3.33. The van der Waals surface area contributed by atoms with Crippen LogP contribution in [0.15, 0.2) is 18.2 Å². The van der Waals surface area contributed by atoms with E-state index in [0.717, 1.165) is 25.8 Å². The molecule has 0 saturated heterocycles. The molecule has 2 rings (SSSR count). The molecule has 1 aromatic carbocycles. The van der Waals surface area contributed by atoms with Crippen LogP contribution in [0, 0.1) is 19.8 Å². The van der Waals surface area contributed by atoms with Crippen LogP contribution in [0.1, 0.15) is 48.9 Å². The van der Waals surface area contributed by atoms with Crippen molar-refractivity contribution in [2.45, 2.75) is 52.2 Å². The third-order valence-electron chi connectivity index (χ3n) is 4.12. The van der Waals surface area contributed by atoms with Gasteiger partial charge in [0.25, 0.3) is 0 Å². The third-order valence-corrected chi connectivity index (χ3v) is 4.12. The summed E-state index contributed by atoms with van der Waals surface area (Å²) >= 11 is 0. The summed E-state index contributed by atoms with van der Waals surface area (Å²) in [6.45, 7) is 7.56. The van der Waals surface area contributed by atoms with E-state index in [1.54, 1.807) is 0 Å². The molecular formula is C16H25NO. The van der Waals surface area contributed by atoms with Crippen molar-refractivity contribution in [1.82, 2.24) is 5.32 Å². The van der Waals surface area contributed by atoms with E-state index < -0.39 is 0 Å². The van der Waals surface area contributed by atoms with Gasteiger partial charge in [-0.15, -0.1) is 0 Å². The highest BCUT2D eigenvalue weighted by Gasteiger charge is 2.23. The van der Waals surface area contributed by atoms with E-state index in [2.05, 4.69) is 44.3 Å². The van der Waals surface area contributed by atoms with Crippen molar-refractivity contribution in [3.05, 3.63) is 34.9 Å². The minimum absolute atomic E-state index is 0.0618. The van der Waals surface area contributed by atoms with E-state index >= 15 is 0 Å². The van der Waals surface area contributed by atoms with Crippen LogP contribution in [-0.4, -0.2) is 17.8 Å². The Balaban J connectivity index is 1.89. The summed E-state index contributed by atoms with van der Waals surface area (Å²) in [6.07, 6.45) is 3.04. The highest BCUT2D eigenvalue weighted by molar-refractivity contribution is 5.32. The molecule has 1 aliphatic rings. The molecule has 3 atom stereocenters. The second kappa shape index (κ2) is 5.85. The van der Waals surface area contributed by atoms with E-state index in [9.17, 15) is 5.11 Å². The Morgan fingerprint density at radius 1 is 1.33 bits per heavy atom. The van der Waals surface area contributed by atoms with Gasteiger partial charge in [0.1, 0.15) is 0 Å². The lowest BCUT2D eigenvalue weighted by Crippen LogP contribution is -2.25. The molecule has 0 amide bonds. The predicted octanol–water partition coefficient (Wildman–Crippen LogP) is 3.12. The number of rotatable bonds is 4. The van der Waals surface area contributed by atoms with Crippen LogP contribution in [-0.2, 0) is 0 Å². The number of aryl methyl sites for hydroxylation is 2. The monoisotopic (exact) mass is 247 g/mol. The number of hydrogen-bond acceptors (Lipinski definition) is 2. The molecule has 1 aromatic rings. The molecular weight excluding hydrogens is 222 g/mol. The smallest absolute Gasteiger partial charge is 0.0543 e. The first-order valence-electron chi connectivity index (χ1n) is 7.05. The number of benzene rings is 1. The lowest BCUT2D eigenvalue weighted by Gasteiger charge is -2.19. The van der Waals surface area contributed by atoms with Gasteiger partial charge in [0.15, 0.2) is 0 Å². The number of nitrogens with one attached hydrogen (secondary N) is 1. The topological polar surface area (TPSA) is 32.3 Å². The first-order valence-corrected chi connectivity index (χ1v) is 7.05. The molecule has 2 nitrogen and oxygen atoms in total. The van der Waals surface area contributed by atoms with Crippen LogP contribution in [0.3, 0.4) is 0 Å². The SMILES string of the molecule is Cc1ccc(C(C)NCC2CCC(O)C2)c(C)c1. The van der Waals surface area contributed by atoms with Crippen molar-refractivity contribution >= 4 is 0 Å². The Kier molecular flexibility index (Phi) is 4.41. The Bertz CT molecular complexity index is 402. The van der Waals surface area contributed by atoms with Crippen LogP contribution < -0.4 is 5.32 Å². The molecule has 0 radical (unpaired) electrons. The maximum Gasteiger partial charge on any atom is 0.0543 e. The Hall–Kier alpha value is -0.860. The van der Waals surface area contributed by atoms with E-state index in [1.807, 2.05) is 0 Å². The molecule has 2 heteroatoms. The molecule has 0 aromatic heterocycles. The minimum Gasteiger partial charge on any atom is -0.393 e. The van der Waals surface area contributed by atoms with Gasteiger partial charge in [0.05, 0.1) is 6.10 Å². The average molecular weight is 247 g/mol. The molecule has 1 saturated carbocycles. The molecule has 0 bridgehead atoms. The quantitative estimate of drug-likeness (QED) is 0.857. The Morgan fingerprint density at radius 3 is 2.72 bits per heavy atom. The standard InChI is InChI=1S/C16H25NO/c1-11-4-7-16(12(2)8-11)13(3)17-10-14-5-6-15(18)9-14/h4,7-8,13-15,17-18H,5-6,9-10H2,1-3H3. The summed E-state index contributed by atoms with van der Waals surface area (Å²) in [4.78, 5) is 0. The summed E-state index contributed by atoms with van der Waals surface area (Å²) in [5.41, 5.74) is 4.07. The molecule has 1 aliphatic carbocycles. The van der Waals surface area contributed by atoms with Crippen molar-refractivity contribution in [3.8, 4) is 0 Å². The first-order chi connectivity index (χ1) is 8.56. The summed E-state index contributed by atoms with van der Waals surface area (Å²) in [5, 5.41) is 13.1. The Morgan fingerprint density at radius 2 is 2.11 bits per heavy atom. The fraction of sp³-hybridized carbons (Fsp3) is 0.625. The number of aliphatic hydroxyl groups is 1. The van der Waals surface area contributed by atoms with Gasteiger partial charge in [-0.05, 0) is 63.6 Å². The van der Waals surface area contributed by atoms with Gasteiger partial charge in [-0.1, -0.05) is 23.8 Å². The molecule has 2 N–H and O–H groups in total. The van der Waals surface area contributed by atoms with Crippen LogP contribution in [0.2, 0.25) is 0 Å². The fourth-order valence-corrected chi connectivity index (χ4v) is 3.00. The van der Waals surface area contributed by atoms with E-state index in [-0.39, 0.29) is 6.10 Å². The molecule has 1 fully saturated rings. The van der Waals surface area contributed by atoms with Gasteiger partial charge in [-0.25, -0.2) is 0 Å². The van der Waals surface area contributed by atoms with Gasteiger partial charge in [-0.3, -0.25) is 0 Å². The van der Waals surface area contributed by atoms with Crippen molar-refractivity contribution < 1.29 is 5.11 Å². The van der Waals surface area contributed by atoms with Gasteiger partial charge < -0.3 is 10.4 Å². The molecule has 18 heavy (non-hydrogen) atoms. The van der Waals surface area contributed by atoms with Crippen molar-refractivity contribution in [1.29, 1.82) is 0 Å². The van der Waals surface area contributed by atoms with E-state index in [0.29, 0.717) is 12.0 Å². The van der Waals surface area contributed by atoms with Crippen LogP contribution in [0.25, 0.3) is 0 Å². The lowest BCUT2D eigenvalue weighted by atomic mass is 9.99. The van der Waals surface area contributed by atoms with Crippen LogP contribution in [0.5, 0.6) is 0 Å². The molecule has 0 heterocycles. The van der Waals surface area contributed by atoms with Crippen molar-refractivity contribution in [2.75, 3.05) is 6.54 Å². The summed E-state index contributed by atoms with van der Waals surface area (Å²) in [7, 11) is 0. The van der Waals surface area contributed by atoms with Crippen molar-refractivity contribution in [2.24, 2.45) is 5.92 Å². The zero-order valence-electron chi connectivity index (χ0n) is 11.7. The zero-order chi connectivity index (χ0) is 13.1. The van der Waals surface area contributed by atoms with Gasteiger partial charge >= 0.3 is 0 Å². The fourth-order valence-electron chi connectivity index (χ4n) is 3.00. The first kappa shape index (κ1) is 13.6. The minimum atomic E-state index is -0.0618. The van der Waals surface area contributed by atoms with E-state index in [1.165, 1.54) is 16.7 Å². The lowest BCUT2D eigenvalue weighted by molar-refractivity contribution is 0.177. The molecule has 0 spiro atoms. The van der Waals surface area contributed by atoms with Crippen molar-refractivity contribution in [3.63, 3.8) is 0 Å². The average Bonchev–Trinajstić information content (AvgIpc) is 2.72.